The molecule has 27 heavy (non-hydrogen) atoms. The number of carbonyl (C=O) groups excluding carboxylic acids is 4. The molecule has 0 aromatic rings. The van der Waals surface area contributed by atoms with E-state index in [9.17, 15) is 27.6 Å². The fourth-order valence-corrected chi connectivity index (χ4v) is 2.72. The Bertz CT molecular complexity index is 671. The summed E-state index contributed by atoms with van der Waals surface area (Å²) in [5, 5.41) is -0.475. The van der Waals surface area contributed by atoms with Crippen molar-refractivity contribution < 1.29 is 41.8 Å². The second-order valence-corrected chi connectivity index (χ2v) is 7.72. The van der Waals surface area contributed by atoms with E-state index in [2.05, 4.69) is 0 Å². The summed E-state index contributed by atoms with van der Waals surface area (Å²) in [5.74, 6) is -2.28. The Hall–Kier alpha value is -1.89. The number of hydroxylamine groups is 4. The molecule has 0 aromatic heterocycles. The minimum atomic E-state index is -4.55. The van der Waals surface area contributed by atoms with E-state index in [4.69, 9.17) is 14.2 Å². The monoisotopic (exact) mass is 410 g/mol. The van der Waals surface area contributed by atoms with Crippen molar-refractivity contribution in [3.05, 3.63) is 0 Å². The van der Waals surface area contributed by atoms with Crippen LogP contribution in [0, 0.1) is 0 Å². The molecule has 2 fully saturated rings. The van der Waals surface area contributed by atoms with Crippen LogP contribution >= 0.6 is 0 Å². The Morgan fingerprint density at radius 3 is 1.63 bits per heavy atom. The number of rotatable bonds is 5. The molecule has 0 spiro atoms. The Morgan fingerprint density at radius 2 is 1.30 bits per heavy atom. The SMILES string of the molecule is C.CC(C)ON1C(=O)CC(S(=O)(=O)O)C1=O.CC(C)ON1C(=O)CCC1=O. The summed E-state index contributed by atoms with van der Waals surface area (Å²) >= 11 is 0. The molecule has 0 aliphatic carbocycles. The first-order chi connectivity index (χ1) is 11.8. The predicted molar refractivity (Wildman–Crippen MR) is 92.1 cm³/mol. The van der Waals surface area contributed by atoms with Crippen LogP contribution in [-0.2, 0) is 39.0 Å². The van der Waals surface area contributed by atoms with Crippen molar-refractivity contribution in [2.75, 3.05) is 0 Å². The summed E-state index contributed by atoms with van der Waals surface area (Å²) in [7, 11) is -4.55. The lowest BCUT2D eigenvalue weighted by atomic mass is 10.4. The predicted octanol–water partition coefficient (Wildman–Crippen LogP) is 0.453. The van der Waals surface area contributed by atoms with Crippen LogP contribution in [0.4, 0.5) is 0 Å². The molecule has 2 heterocycles. The molecular formula is C15H26N2O9S. The summed E-state index contributed by atoms with van der Waals surface area (Å²) in [6, 6.07) is 0. The van der Waals surface area contributed by atoms with E-state index in [0.29, 0.717) is 5.06 Å². The van der Waals surface area contributed by atoms with E-state index in [1.54, 1.807) is 27.7 Å². The third-order valence-electron chi connectivity index (χ3n) is 3.06. The van der Waals surface area contributed by atoms with Gasteiger partial charge in [0.1, 0.15) is 0 Å². The molecule has 2 aliphatic rings. The molecule has 12 heteroatoms. The highest BCUT2D eigenvalue weighted by Crippen LogP contribution is 2.20. The van der Waals surface area contributed by atoms with Gasteiger partial charge in [-0.1, -0.05) is 7.43 Å². The van der Waals surface area contributed by atoms with Gasteiger partial charge in [0.15, 0.2) is 5.25 Å². The molecule has 2 rings (SSSR count). The van der Waals surface area contributed by atoms with Crippen molar-refractivity contribution in [1.29, 1.82) is 0 Å². The van der Waals surface area contributed by atoms with Crippen LogP contribution < -0.4 is 0 Å². The molecule has 1 N–H and O–H groups in total. The van der Waals surface area contributed by atoms with Crippen molar-refractivity contribution in [2.24, 2.45) is 0 Å². The van der Waals surface area contributed by atoms with Crippen LogP contribution in [0.15, 0.2) is 0 Å². The fourth-order valence-electron chi connectivity index (χ4n) is 2.02. The van der Waals surface area contributed by atoms with Crippen molar-refractivity contribution in [3.8, 4) is 0 Å². The first-order valence-electron chi connectivity index (χ1n) is 7.87. The highest BCUT2D eigenvalue weighted by Gasteiger charge is 2.47. The molecule has 4 amide bonds. The average Bonchev–Trinajstić information content (AvgIpc) is 2.94. The Morgan fingerprint density at radius 1 is 0.889 bits per heavy atom. The summed E-state index contributed by atoms with van der Waals surface area (Å²) in [5.41, 5.74) is 0. The largest absolute Gasteiger partial charge is 0.285 e. The Balaban J connectivity index is 0.000000504. The van der Waals surface area contributed by atoms with Crippen LogP contribution in [-0.4, -0.2) is 64.2 Å². The number of hydrogen-bond acceptors (Lipinski definition) is 8. The second kappa shape index (κ2) is 9.88. The number of hydrogen-bond donors (Lipinski definition) is 1. The zero-order valence-corrected chi connectivity index (χ0v) is 15.7. The maximum Gasteiger partial charge on any atom is 0.277 e. The molecule has 2 aliphatic heterocycles. The maximum absolute atomic E-state index is 11.3. The molecule has 1 unspecified atom stereocenters. The number of imide groups is 2. The van der Waals surface area contributed by atoms with Crippen molar-refractivity contribution >= 4 is 33.7 Å². The quantitative estimate of drug-likeness (QED) is 0.504. The zero-order valence-electron chi connectivity index (χ0n) is 14.9. The van der Waals surface area contributed by atoms with Gasteiger partial charge in [0.05, 0.1) is 18.6 Å². The smallest absolute Gasteiger partial charge is 0.277 e. The fraction of sp³-hybridized carbons (Fsp3) is 0.733. The molecule has 0 aromatic carbocycles. The summed E-state index contributed by atoms with van der Waals surface area (Å²) in [6.45, 7) is 6.72. The lowest BCUT2D eigenvalue weighted by Crippen LogP contribution is -2.36. The van der Waals surface area contributed by atoms with Gasteiger partial charge in [-0.25, -0.2) is 0 Å². The molecule has 1 atom stereocenters. The lowest BCUT2D eigenvalue weighted by Gasteiger charge is -2.16. The molecule has 2 saturated heterocycles. The van der Waals surface area contributed by atoms with E-state index < -0.39 is 39.7 Å². The topological polar surface area (TPSA) is 148 Å². The Labute approximate surface area is 158 Å². The van der Waals surface area contributed by atoms with Crippen LogP contribution in [0.2, 0.25) is 0 Å². The van der Waals surface area contributed by atoms with E-state index in [0.717, 1.165) is 5.06 Å². The van der Waals surface area contributed by atoms with Crippen molar-refractivity contribution in [1.82, 2.24) is 10.1 Å². The summed E-state index contributed by atoms with van der Waals surface area (Å²) in [6.07, 6.45) is -0.569. The third-order valence-corrected chi connectivity index (χ3v) is 4.15. The normalized spacial score (nSPS) is 20.3. The molecule has 156 valence electrons. The van der Waals surface area contributed by atoms with E-state index in [1.807, 2.05) is 0 Å². The molecular weight excluding hydrogens is 384 g/mol. The molecule has 0 radical (unpaired) electrons. The lowest BCUT2D eigenvalue weighted by molar-refractivity contribution is -0.198. The number of carbonyl (C=O) groups is 4. The van der Waals surface area contributed by atoms with Crippen LogP contribution in [0.1, 0.15) is 54.4 Å². The Kier molecular flexibility index (Phi) is 9.18. The van der Waals surface area contributed by atoms with Gasteiger partial charge in [-0.15, -0.1) is 0 Å². The van der Waals surface area contributed by atoms with Gasteiger partial charge in [0.2, 0.25) is 0 Å². The highest BCUT2D eigenvalue weighted by atomic mass is 32.2. The van der Waals surface area contributed by atoms with Crippen molar-refractivity contribution in [2.45, 2.75) is 71.8 Å². The molecule has 0 saturated carbocycles. The van der Waals surface area contributed by atoms with Gasteiger partial charge in [0.25, 0.3) is 33.7 Å². The van der Waals surface area contributed by atoms with E-state index in [1.165, 1.54) is 0 Å². The van der Waals surface area contributed by atoms with Gasteiger partial charge in [-0.05, 0) is 27.7 Å². The first-order valence-corrected chi connectivity index (χ1v) is 9.37. The van der Waals surface area contributed by atoms with Crippen LogP contribution in [0.3, 0.4) is 0 Å². The van der Waals surface area contributed by atoms with Crippen LogP contribution in [0.5, 0.6) is 0 Å². The van der Waals surface area contributed by atoms with Gasteiger partial charge < -0.3 is 0 Å². The molecule has 11 nitrogen and oxygen atoms in total. The standard InChI is InChI=1S/C7H11NO6S.C7H11NO3.CH4/c1-4(2)14-8-6(9)3-5(7(8)10)15(11,12)13;1-5(2)11-8-6(9)3-4-7(8)10;/h4-5H,3H2,1-2H3,(H,11,12,13);5H,3-4H2,1-2H3;1H4. The number of nitrogens with zero attached hydrogens (tertiary/aromatic N) is 2. The van der Waals surface area contributed by atoms with Gasteiger partial charge >= 0.3 is 0 Å². The third kappa shape index (κ3) is 6.97. The minimum Gasteiger partial charge on any atom is -0.285 e. The highest BCUT2D eigenvalue weighted by molar-refractivity contribution is 7.87. The molecule has 0 bridgehead atoms. The first kappa shape index (κ1) is 25.1. The van der Waals surface area contributed by atoms with Gasteiger partial charge in [-0.2, -0.15) is 18.5 Å². The van der Waals surface area contributed by atoms with E-state index >= 15 is 0 Å². The summed E-state index contributed by atoms with van der Waals surface area (Å²) < 4.78 is 30.1. The maximum atomic E-state index is 11.3. The van der Waals surface area contributed by atoms with Crippen LogP contribution in [0.25, 0.3) is 0 Å². The van der Waals surface area contributed by atoms with E-state index in [-0.39, 0.29) is 38.2 Å². The average molecular weight is 410 g/mol. The second-order valence-electron chi connectivity index (χ2n) is 6.12. The minimum absolute atomic E-state index is 0. The zero-order chi connectivity index (χ0) is 20.2. The van der Waals surface area contributed by atoms with Gasteiger partial charge in [-0.3, -0.25) is 33.4 Å². The van der Waals surface area contributed by atoms with Gasteiger partial charge in [0, 0.05) is 12.8 Å². The van der Waals surface area contributed by atoms with Crippen molar-refractivity contribution in [3.63, 3.8) is 0 Å². The summed E-state index contributed by atoms with van der Waals surface area (Å²) in [4.78, 5) is 54.1. The number of amides is 4.